The Morgan fingerprint density at radius 2 is 1.95 bits per heavy atom. The van der Waals surface area contributed by atoms with Gasteiger partial charge in [-0.2, -0.15) is 0 Å². The zero-order valence-corrected chi connectivity index (χ0v) is 12.4. The lowest BCUT2D eigenvalue weighted by atomic mass is 10.2. The molecule has 20 heavy (non-hydrogen) atoms. The number of hydrogen-bond donors (Lipinski definition) is 2. The summed E-state index contributed by atoms with van der Waals surface area (Å²) in [5, 5.41) is 10.6. The van der Waals surface area contributed by atoms with Crippen molar-refractivity contribution in [3.8, 4) is 0 Å². The number of benzene rings is 1. The molecule has 0 unspecified atom stereocenters. The highest BCUT2D eigenvalue weighted by Crippen LogP contribution is 2.20. The highest BCUT2D eigenvalue weighted by molar-refractivity contribution is 7.91. The Morgan fingerprint density at radius 3 is 2.50 bits per heavy atom. The van der Waals surface area contributed by atoms with E-state index in [1.807, 2.05) is 0 Å². The number of halogens is 1. The summed E-state index contributed by atoms with van der Waals surface area (Å²) >= 11 is 6.61. The van der Waals surface area contributed by atoms with Crippen molar-refractivity contribution in [2.75, 3.05) is 0 Å². The predicted molar refractivity (Wildman–Crippen MR) is 76.8 cm³/mol. The van der Waals surface area contributed by atoms with Gasteiger partial charge in [-0.1, -0.05) is 23.7 Å². The second-order valence-corrected chi connectivity index (χ2v) is 7.25. The second-order valence-electron chi connectivity index (χ2n) is 3.91. The molecule has 1 heterocycles. The minimum Gasteiger partial charge on any atom is -0.478 e. The standard InChI is InChI=1S/C12H10ClNO4S2/c13-10-3-1-8(2-4-10)6-14-20(17,18)11-5-9(7-19-11)12(15)16/h1-5,7,14H,6H2,(H,15,16). The Kier molecular flexibility index (Phi) is 4.44. The molecule has 0 bridgehead atoms. The molecule has 0 aliphatic carbocycles. The van der Waals surface area contributed by atoms with E-state index >= 15 is 0 Å². The Morgan fingerprint density at radius 1 is 1.30 bits per heavy atom. The number of thiophene rings is 1. The molecule has 5 nitrogen and oxygen atoms in total. The van der Waals surface area contributed by atoms with Crippen molar-refractivity contribution >= 4 is 38.9 Å². The number of rotatable bonds is 5. The van der Waals surface area contributed by atoms with Crippen molar-refractivity contribution < 1.29 is 18.3 Å². The molecule has 0 aliphatic rings. The third-order valence-corrected chi connectivity index (χ3v) is 5.56. The fourth-order valence-corrected chi connectivity index (χ4v) is 3.76. The summed E-state index contributed by atoms with van der Waals surface area (Å²) in [4.78, 5) is 10.7. The molecule has 106 valence electrons. The fraction of sp³-hybridized carbons (Fsp3) is 0.0833. The second kappa shape index (κ2) is 5.92. The van der Waals surface area contributed by atoms with Crippen molar-refractivity contribution in [3.05, 3.63) is 51.9 Å². The van der Waals surface area contributed by atoms with E-state index in [0.717, 1.165) is 23.0 Å². The van der Waals surface area contributed by atoms with Crippen LogP contribution in [0.1, 0.15) is 15.9 Å². The van der Waals surface area contributed by atoms with Crippen molar-refractivity contribution in [3.63, 3.8) is 0 Å². The molecule has 0 spiro atoms. The Labute approximate surface area is 124 Å². The molecular formula is C12H10ClNO4S2. The molecule has 0 aliphatic heterocycles. The van der Waals surface area contributed by atoms with Crippen LogP contribution in [0.15, 0.2) is 39.9 Å². The van der Waals surface area contributed by atoms with Gasteiger partial charge in [-0.3, -0.25) is 0 Å². The number of aromatic carboxylic acids is 1. The van der Waals surface area contributed by atoms with E-state index in [4.69, 9.17) is 16.7 Å². The van der Waals surface area contributed by atoms with E-state index in [1.54, 1.807) is 24.3 Å². The van der Waals surface area contributed by atoms with Gasteiger partial charge in [0.25, 0.3) is 0 Å². The molecule has 0 saturated carbocycles. The number of carboxylic acid groups (broad SMARTS) is 1. The zero-order valence-electron chi connectivity index (χ0n) is 10.0. The highest BCUT2D eigenvalue weighted by Gasteiger charge is 2.18. The minimum absolute atomic E-state index is 0.0242. The topological polar surface area (TPSA) is 83.5 Å². The Balaban J connectivity index is 2.10. The van der Waals surface area contributed by atoms with Crippen LogP contribution in [-0.4, -0.2) is 19.5 Å². The molecule has 1 aromatic carbocycles. The van der Waals surface area contributed by atoms with E-state index in [9.17, 15) is 13.2 Å². The van der Waals surface area contributed by atoms with Crippen LogP contribution in [0.5, 0.6) is 0 Å². The van der Waals surface area contributed by atoms with Crippen LogP contribution in [0.2, 0.25) is 5.02 Å². The zero-order chi connectivity index (χ0) is 14.8. The monoisotopic (exact) mass is 331 g/mol. The first-order chi connectivity index (χ1) is 9.38. The van der Waals surface area contributed by atoms with Crippen LogP contribution >= 0.6 is 22.9 Å². The number of carbonyl (C=O) groups is 1. The lowest BCUT2D eigenvalue weighted by Crippen LogP contribution is -2.22. The van der Waals surface area contributed by atoms with Crippen molar-refractivity contribution in [1.82, 2.24) is 4.72 Å². The molecule has 0 fully saturated rings. The Hall–Kier alpha value is -1.41. The van der Waals surface area contributed by atoms with E-state index in [2.05, 4.69) is 4.72 Å². The van der Waals surface area contributed by atoms with Gasteiger partial charge in [-0.25, -0.2) is 17.9 Å². The fourth-order valence-electron chi connectivity index (χ4n) is 1.42. The molecule has 2 rings (SSSR count). The maximum absolute atomic E-state index is 12.0. The molecule has 2 aromatic rings. The summed E-state index contributed by atoms with van der Waals surface area (Å²) in [5.41, 5.74) is 0.717. The first-order valence-corrected chi connectivity index (χ1v) is 8.18. The summed E-state index contributed by atoms with van der Waals surface area (Å²) in [5.74, 6) is -1.15. The van der Waals surface area contributed by atoms with Crippen LogP contribution in [0.25, 0.3) is 0 Å². The van der Waals surface area contributed by atoms with Gasteiger partial charge in [0.15, 0.2) is 0 Å². The van der Waals surface area contributed by atoms with Crippen LogP contribution in [0, 0.1) is 0 Å². The van der Waals surface area contributed by atoms with E-state index in [0.29, 0.717) is 5.02 Å². The van der Waals surface area contributed by atoms with Crippen LogP contribution in [0.3, 0.4) is 0 Å². The van der Waals surface area contributed by atoms with Gasteiger partial charge < -0.3 is 5.11 Å². The van der Waals surface area contributed by atoms with Gasteiger partial charge in [0.05, 0.1) is 5.56 Å². The van der Waals surface area contributed by atoms with E-state index < -0.39 is 16.0 Å². The van der Waals surface area contributed by atoms with Gasteiger partial charge in [-0.15, -0.1) is 11.3 Å². The average molecular weight is 332 g/mol. The first-order valence-electron chi connectivity index (χ1n) is 5.44. The normalized spacial score (nSPS) is 11.4. The van der Waals surface area contributed by atoms with Gasteiger partial charge >= 0.3 is 5.97 Å². The smallest absolute Gasteiger partial charge is 0.336 e. The van der Waals surface area contributed by atoms with Crippen molar-refractivity contribution in [2.24, 2.45) is 0 Å². The van der Waals surface area contributed by atoms with Crippen LogP contribution in [-0.2, 0) is 16.6 Å². The van der Waals surface area contributed by atoms with E-state index in [-0.39, 0.29) is 16.3 Å². The summed E-state index contributed by atoms with van der Waals surface area (Å²) in [6.45, 7) is 0.111. The molecule has 0 atom stereocenters. The first kappa shape index (κ1) is 15.0. The minimum atomic E-state index is -3.71. The van der Waals surface area contributed by atoms with Crippen LogP contribution < -0.4 is 4.72 Å². The van der Waals surface area contributed by atoms with Crippen molar-refractivity contribution in [2.45, 2.75) is 10.8 Å². The summed E-state index contributed by atoms with van der Waals surface area (Å²) in [7, 11) is -3.71. The quantitative estimate of drug-likeness (QED) is 0.882. The maximum atomic E-state index is 12.0. The molecule has 0 saturated heterocycles. The third kappa shape index (κ3) is 3.57. The van der Waals surface area contributed by atoms with Gasteiger partial charge in [0.2, 0.25) is 10.0 Å². The van der Waals surface area contributed by atoms with Gasteiger partial charge in [0.1, 0.15) is 4.21 Å². The molecule has 0 radical (unpaired) electrons. The summed E-state index contributed by atoms with van der Waals surface area (Å²) in [6, 6.07) is 7.89. The number of hydrogen-bond acceptors (Lipinski definition) is 4. The number of sulfonamides is 1. The predicted octanol–water partition coefficient (Wildman–Crippen LogP) is 2.58. The largest absolute Gasteiger partial charge is 0.478 e. The lowest BCUT2D eigenvalue weighted by molar-refractivity contribution is 0.0697. The van der Waals surface area contributed by atoms with E-state index in [1.165, 1.54) is 5.38 Å². The molecule has 0 amide bonds. The highest BCUT2D eigenvalue weighted by atomic mass is 35.5. The lowest BCUT2D eigenvalue weighted by Gasteiger charge is -2.04. The maximum Gasteiger partial charge on any atom is 0.336 e. The molecule has 2 N–H and O–H groups in total. The third-order valence-electron chi connectivity index (χ3n) is 2.47. The van der Waals surface area contributed by atoms with Gasteiger partial charge in [0, 0.05) is 16.9 Å². The SMILES string of the molecule is O=C(O)c1csc(S(=O)(=O)NCc2ccc(Cl)cc2)c1. The number of carboxylic acids is 1. The van der Waals surface area contributed by atoms with Crippen LogP contribution in [0.4, 0.5) is 0 Å². The Bertz CT molecular complexity index is 722. The molecule has 8 heteroatoms. The van der Waals surface area contributed by atoms with Gasteiger partial charge in [-0.05, 0) is 23.8 Å². The average Bonchev–Trinajstić information content (AvgIpc) is 2.89. The summed E-state index contributed by atoms with van der Waals surface area (Å²) < 4.78 is 26.4. The summed E-state index contributed by atoms with van der Waals surface area (Å²) in [6.07, 6.45) is 0. The van der Waals surface area contributed by atoms with Crippen molar-refractivity contribution in [1.29, 1.82) is 0 Å². The molecule has 1 aromatic heterocycles. The molecular weight excluding hydrogens is 322 g/mol. The number of nitrogens with one attached hydrogen (secondary N) is 1.